The standard InChI is InChI=1S/C16H21N3O2/c1-3-15-17-16(21-18-15)12(2)19-9-10-20-14(11-19)13-7-5-4-6-8-13/h4-8,12,14H,3,9-11H2,1-2H3/t12-,14+/m1/s1. The zero-order chi connectivity index (χ0) is 14.7. The molecule has 0 radical (unpaired) electrons. The van der Waals surface area contributed by atoms with E-state index in [2.05, 4.69) is 34.1 Å². The van der Waals surface area contributed by atoms with Crippen LogP contribution >= 0.6 is 0 Å². The SMILES string of the molecule is CCc1noc([C@@H](C)N2CCO[C@H](c3ccccc3)C2)n1. The molecule has 5 heteroatoms. The van der Waals surface area contributed by atoms with Gasteiger partial charge in [-0.05, 0) is 12.5 Å². The molecule has 2 atom stereocenters. The summed E-state index contributed by atoms with van der Waals surface area (Å²) in [6.45, 7) is 6.59. The number of hydrogen-bond acceptors (Lipinski definition) is 5. The van der Waals surface area contributed by atoms with E-state index >= 15 is 0 Å². The van der Waals surface area contributed by atoms with Gasteiger partial charge in [-0.15, -0.1) is 0 Å². The molecule has 0 unspecified atom stereocenters. The zero-order valence-electron chi connectivity index (χ0n) is 12.5. The van der Waals surface area contributed by atoms with Gasteiger partial charge in [-0.25, -0.2) is 0 Å². The maximum absolute atomic E-state index is 5.90. The summed E-state index contributed by atoms with van der Waals surface area (Å²) in [7, 11) is 0. The molecule has 1 aliphatic heterocycles. The lowest BCUT2D eigenvalue weighted by molar-refractivity contribution is -0.0469. The molecule has 0 saturated carbocycles. The predicted molar refractivity (Wildman–Crippen MR) is 78.8 cm³/mol. The van der Waals surface area contributed by atoms with Crippen LogP contribution in [0, 0.1) is 0 Å². The van der Waals surface area contributed by atoms with Gasteiger partial charge in [0.1, 0.15) is 0 Å². The van der Waals surface area contributed by atoms with Gasteiger partial charge in [-0.3, -0.25) is 4.90 Å². The van der Waals surface area contributed by atoms with Gasteiger partial charge in [0.2, 0.25) is 5.89 Å². The lowest BCUT2D eigenvalue weighted by atomic mass is 10.1. The van der Waals surface area contributed by atoms with Gasteiger partial charge < -0.3 is 9.26 Å². The first-order valence-electron chi connectivity index (χ1n) is 7.51. The van der Waals surface area contributed by atoms with E-state index in [1.165, 1.54) is 5.56 Å². The molecular formula is C16H21N3O2. The third kappa shape index (κ3) is 3.14. The highest BCUT2D eigenvalue weighted by molar-refractivity contribution is 5.18. The number of hydrogen-bond donors (Lipinski definition) is 0. The molecule has 1 saturated heterocycles. The van der Waals surface area contributed by atoms with Gasteiger partial charge in [0, 0.05) is 19.5 Å². The second-order valence-corrected chi connectivity index (χ2v) is 5.34. The Labute approximate surface area is 124 Å². The molecule has 0 bridgehead atoms. The van der Waals surface area contributed by atoms with Crippen molar-refractivity contribution in [3.05, 3.63) is 47.6 Å². The Morgan fingerprint density at radius 1 is 1.33 bits per heavy atom. The van der Waals surface area contributed by atoms with E-state index in [0.29, 0.717) is 5.89 Å². The molecule has 0 aliphatic carbocycles. The molecule has 2 aromatic rings. The second kappa shape index (κ2) is 6.37. The van der Waals surface area contributed by atoms with E-state index in [0.717, 1.165) is 31.9 Å². The van der Waals surface area contributed by atoms with Crippen LogP contribution in [0.5, 0.6) is 0 Å². The Morgan fingerprint density at radius 2 is 2.14 bits per heavy atom. The molecule has 5 nitrogen and oxygen atoms in total. The Hall–Kier alpha value is -1.72. The minimum atomic E-state index is 0.107. The molecule has 1 fully saturated rings. The maximum atomic E-state index is 5.90. The van der Waals surface area contributed by atoms with Crippen molar-refractivity contribution in [1.29, 1.82) is 0 Å². The molecule has 1 aliphatic rings. The smallest absolute Gasteiger partial charge is 0.243 e. The van der Waals surface area contributed by atoms with E-state index in [1.54, 1.807) is 0 Å². The lowest BCUT2D eigenvalue weighted by Gasteiger charge is -2.35. The van der Waals surface area contributed by atoms with Crippen LogP contribution in [0.4, 0.5) is 0 Å². The van der Waals surface area contributed by atoms with Gasteiger partial charge in [0.15, 0.2) is 5.82 Å². The number of aryl methyl sites for hydroxylation is 1. The summed E-state index contributed by atoms with van der Waals surface area (Å²) >= 11 is 0. The van der Waals surface area contributed by atoms with Crippen molar-refractivity contribution in [1.82, 2.24) is 15.0 Å². The normalized spacial score (nSPS) is 21.3. The monoisotopic (exact) mass is 287 g/mol. The van der Waals surface area contributed by atoms with Crippen LogP contribution in [0.15, 0.2) is 34.9 Å². The summed E-state index contributed by atoms with van der Waals surface area (Å²) in [6.07, 6.45) is 0.905. The topological polar surface area (TPSA) is 51.4 Å². The Bertz CT molecular complexity index is 570. The maximum Gasteiger partial charge on any atom is 0.243 e. The molecule has 21 heavy (non-hydrogen) atoms. The first kappa shape index (κ1) is 14.2. The molecule has 2 heterocycles. The van der Waals surface area contributed by atoms with Crippen LogP contribution in [-0.4, -0.2) is 34.7 Å². The molecule has 1 aromatic heterocycles. The average Bonchev–Trinajstić information content (AvgIpc) is 3.04. The van der Waals surface area contributed by atoms with Gasteiger partial charge in [0.05, 0.1) is 18.8 Å². The average molecular weight is 287 g/mol. The van der Waals surface area contributed by atoms with E-state index < -0.39 is 0 Å². The number of aromatic nitrogens is 2. The summed E-state index contributed by atoms with van der Waals surface area (Å²) in [4.78, 5) is 6.78. The molecule has 0 amide bonds. The fourth-order valence-electron chi connectivity index (χ4n) is 2.63. The van der Waals surface area contributed by atoms with Gasteiger partial charge in [-0.2, -0.15) is 4.98 Å². The molecule has 3 rings (SSSR count). The molecule has 1 aromatic carbocycles. The van der Waals surface area contributed by atoms with Crippen LogP contribution in [-0.2, 0) is 11.2 Å². The van der Waals surface area contributed by atoms with Crippen molar-refractivity contribution in [2.24, 2.45) is 0 Å². The third-order valence-electron chi connectivity index (χ3n) is 3.97. The second-order valence-electron chi connectivity index (χ2n) is 5.34. The van der Waals surface area contributed by atoms with Crippen LogP contribution in [0.1, 0.15) is 43.3 Å². The third-order valence-corrected chi connectivity index (χ3v) is 3.97. The Balaban J connectivity index is 1.70. The highest BCUT2D eigenvalue weighted by atomic mass is 16.5. The van der Waals surface area contributed by atoms with Crippen molar-refractivity contribution in [3.8, 4) is 0 Å². The fraction of sp³-hybridized carbons (Fsp3) is 0.500. The zero-order valence-corrected chi connectivity index (χ0v) is 12.5. The summed E-state index contributed by atoms with van der Waals surface area (Å²) < 4.78 is 11.3. The van der Waals surface area contributed by atoms with Crippen LogP contribution in [0.25, 0.3) is 0 Å². The van der Waals surface area contributed by atoms with Crippen LogP contribution in [0.3, 0.4) is 0 Å². The lowest BCUT2D eigenvalue weighted by Crippen LogP contribution is -2.40. The molecule has 0 N–H and O–H groups in total. The van der Waals surface area contributed by atoms with Crippen molar-refractivity contribution >= 4 is 0 Å². The number of benzene rings is 1. The van der Waals surface area contributed by atoms with E-state index in [1.807, 2.05) is 25.1 Å². The molecular weight excluding hydrogens is 266 g/mol. The first-order valence-corrected chi connectivity index (χ1v) is 7.51. The summed E-state index contributed by atoms with van der Waals surface area (Å²) in [6, 6.07) is 10.5. The van der Waals surface area contributed by atoms with Gasteiger partial charge >= 0.3 is 0 Å². The molecule has 112 valence electrons. The van der Waals surface area contributed by atoms with E-state index in [-0.39, 0.29) is 12.1 Å². The van der Waals surface area contributed by atoms with Gasteiger partial charge in [0.25, 0.3) is 0 Å². The minimum Gasteiger partial charge on any atom is -0.371 e. The fourth-order valence-corrected chi connectivity index (χ4v) is 2.63. The minimum absolute atomic E-state index is 0.107. The highest BCUT2D eigenvalue weighted by Crippen LogP contribution is 2.27. The van der Waals surface area contributed by atoms with Crippen molar-refractivity contribution in [2.45, 2.75) is 32.4 Å². The highest BCUT2D eigenvalue weighted by Gasteiger charge is 2.28. The summed E-state index contributed by atoms with van der Waals surface area (Å²) in [5.41, 5.74) is 1.22. The van der Waals surface area contributed by atoms with Crippen molar-refractivity contribution in [2.75, 3.05) is 19.7 Å². The first-order chi connectivity index (χ1) is 10.3. The number of morpholine rings is 1. The quantitative estimate of drug-likeness (QED) is 0.865. The van der Waals surface area contributed by atoms with E-state index in [4.69, 9.17) is 9.26 Å². The Kier molecular flexibility index (Phi) is 4.31. The van der Waals surface area contributed by atoms with Crippen LogP contribution < -0.4 is 0 Å². The summed E-state index contributed by atoms with van der Waals surface area (Å²) in [5, 5.41) is 3.98. The predicted octanol–water partition coefficient (Wildman–Crippen LogP) is 2.77. The number of nitrogens with zero attached hydrogens (tertiary/aromatic N) is 3. The summed E-state index contributed by atoms with van der Waals surface area (Å²) in [5.74, 6) is 1.46. The number of rotatable bonds is 4. The van der Waals surface area contributed by atoms with Crippen molar-refractivity contribution < 1.29 is 9.26 Å². The largest absolute Gasteiger partial charge is 0.371 e. The Morgan fingerprint density at radius 3 is 2.86 bits per heavy atom. The molecule has 0 spiro atoms. The van der Waals surface area contributed by atoms with Crippen LogP contribution in [0.2, 0.25) is 0 Å². The van der Waals surface area contributed by atoms with Gasteiger partial charge in [-0.1, -0.05) is 42.4 Å². The van der Waals surface area contributed by atoms with E-state index in [9.17, 15) is 0 Å². The number of ether oxygens (including phenoxy) is 1. The van der Waals surface area contributed by atoms with Crippen molar-refractivity contribution in [3.63, 3.8) is 0 Å².